The molecule has 202 valence electrons. The van der Waals surface area contributed by atoms with E-state index in [1.807, 2.05) is 32.0 Å². The van der Waals surface area contributed by atoms with Gasteiger partial charge in [0.1, 0.15) is 17.2 Å². The second kappa shape index (κ2) is 13.0. The third-order valence-corrected chi connectivity index (χ3v) is 6.66. The number of hydrogen-bond donors (Lipinski definition) is 2. The van der Waals surface area contributed by atoms with Crippen molar-refractivity contribution in [2.45, 2.75) is 53.8 Å². The molecule has 0 bridgehead atoms. The highest BCUT2D eigenvalue weighted by molar-refractivity contribution is 6.42. The smallest absolute Gasteiger partial charge is 0.397 e. The minimum atomic E-state index is -0.936. The molecule has 0 spiro atoms. The van der Waals surface area contributed by atoms with Crippen LogP contribution >= 0.6 is 23.2 Å². The molecular weight excluding hydrogens is 527 g/mol. The number of carbonyl (C=O) groups is 2. The summed E-state index contributed by atoms with van der Waals surface area (Å²) in [5.74, 6) is -0.423. The number of anilines is 1. The van der Waals surface area contributed by atoms with Gasteiger partial charge in [0.25, 0.3) is 0 Å². The van der Waals surface area contributed by atoms with Crippen molar-refractivity contribution >= 4 is 40.8 Å². The zero-order valence-electron chi connectivity index (χ0n) is 22.1. The van der Waals surface area contributed by atoms with E-state index < -0.39 is 11.9 Å². The molecule has 0 saturated heterocycles. The van der Waals surface area contributed by atoms with E-state index in [0.29, 0.717) is 45.9 Å². The minimum Gasteiger partial charge on any atom is -0.508 e. The Kier molecular flexibility index (Phi) is 10.0. The van der Waals surface area contributed by atoms with Crippen LogP contribution in [-0.4, -0.2) is 34.5 Å². The predicted octanol–water partition coefficient (Wildman–Crippen LogP) is 7.02. The average Bonchev–Trinajstić information content (AvgIpc) is 2.85. The zero-order chi connectivity index (χ0) is 28.0. The summed E-state index contributed by atoms with van der Waals surface area (Å²) in [6, 6.07) is 14.3. The lowest BCUT2D eigenvalue weighted by molar-refractivity contribution is -0.152. The lowest BCUT2D eigenvalue weighted by Crippen LogP contribution is -2.29. The monoisotopic (exact) mass is 558 g/mol. The van der Waals surface area contributed by atoms with Crippen molar-refractivity contribution in [3.63, 3.8) is 0 Å². The van der Waals surface area contributed by atoms with Crippen molar-refractivity contribution in [3.8, 4) is 17.2 Å². The normalized spacial score (nSPS) is 11.1. The van der Waals surface area contributed by atoms with Crippen molar-refractivity contribution < 1.29 is 24.2 Å². The van der Waals surface area contributed by atoms with Gasteiger partial charge in [-0.05, 0) is 93.8 Å². The van der Waals surface area contributed by atoms with Gasteiger partial charge in [-0.25, -0.2) is 4.79 Å². The number of benzene rings is 3. The van der Waals surface area contributed by atoms with Crippen LogP contribution in [-0.2, 0) is 27.4 Å². The van der Waals surface area contributed by atoms with E-state index in [2.05, 4.69) is 24.1 Å². The molecule has 0 aliphatic heterocycles. The fraction of sp³-hybridized carbons (Fsp3) is 0.310. The van der Waals surface area contributed by atoms with E-state index in [1.165, 1.54) is 0 Å². The third kappa shape index (κ3) is 7.63. The van der Waals surface area contributed by atoms with Crippen molar-refractivity contribution in [1.82, 2.24) is 4.90 Å². The topological polar surface area (TPSA) is 88.1 Å². The molecule has 2 N–H and O–H groups in total. The molecule has 0 saturated carbocycles. The van der Waals surface area contributed by atoms with Crippen LogP contribution in [0.2, 0.25) is 10.0 Å². The average molecular weight is 559 g/mol. The largest absolute Gasteiger partial charge is 0.508 e. The van der Waals surface area contributed by atoms with Gasteiger partial charge in [-0.1, -0.05) is 29.3 Å². The van der Waals surface area contributed by atoms with Gasteiger partial charge in [-0.2, -0.15) is 0 Å². The number of ether oxygens (including phenoxy) is 2. The first-order valence-electron chi connectivity index (χ1n) is 12.3. The number of hydrogen-bond acceptors (Lipinski definition) is 6. The molecule has 0 aromatic heterocycles. The molecule has 3 aromatic carbocycles. The highest BCUT2D eigenvalue weighted by Gasteiger charge is 2.18. The molecule has 3 rings (SSSR count). The first-order valence-corrected chi connectivity index (χ1v) is 13.0. The Bertz CT molecular complexity index is 1300. The number of rotatable bonds is 9. The Hall–Kier alpha value is -3.26. The van der Waals surface area contributed by atoms with Crippen molar-refractivity contribution in [2.75, 3.05) is 11.9 Å². The van der Waals surface area contributed by atoms with Gasteiger partial charge in [0, 0.05) is 30.4 Å². The number of phenolic OH excluding ortho intramolecular Hbond substituents is 1. The molecule has 0 unspecified atom stereocenters. The SMILES string of the molecule is CCOC(=O)C(=O)Nc1cc(C)c(Oc2ccc(O)c(CN(Cc3ccc(Cl)c(Cl)c3)C(C)C)c2)c(C)c1. The summed E-state index contributed by atoms with van der Waals surface area (Å²) in [4.78, 5) is 25.8. The number of amides is 1. The molecule has 0 aliphatic rings. The highest BCUT2D eigenvalue weighted by atomic mass is 35.5. The molecule has 0 radical (unpaired) electrons. The first-order chi connectivity index (χ1) is 18.0. The van der Waals surface area contributed by atoms with Crippen LogP contribution in [0.5, 0.6) is 17.2 Å². The molecule has 0 aliphatic carbocycles. The van der Waals surface area contributed by atoms with Crippen molar-refractivity contribution in [1.29, 1.82) is 0 Å². The van der Waals surface area contributed by atoms with Gasteiger partial charge in [0.15, 0.2) is 0 Å². The summed E-state index contributed by atoms with van der Waals surface area (Å²) in [5.41, 5.74) is 3.72. The van der Waals surface area contributed by atoms with Crippen LogP contribution in [0.15, 0.2) is 48.5 Å². The number of aryl methyl sites for hydroxylation is 2. The maximum absolute atomic E-state index is 12.0. The van der Waals surface area contributed by atoms with E-state index in [0.717, 1.165) is 16.7 Å². The van der Waals surface area contributed by atoms with E-state index >= 15 is 0 Å². The fourth-order valence-electron chi connectivity index (χ4n) is 3.94. The molecule has 9 heteroatoms. The Labute approximate surface area is 233 Å². The second-order valence-electron chi connectivity index (χ2n) is 9.25. The fourth-order valence-corrected chi connectivity index (χ4v) is 4.27. The Morgan fingerprint density at radius 2 is 1.66 bits per heavy atom. The summed E-state index contributed by atoms with van der Waals surface area (Å²) in [6.07, 6.45) is 0. The maximum Gasteiger partial charge on any atom is 0.397 e. The van der Waals surface area contributed by atoms with Crippen LogP contribution < -0.4 is 10.1 Å². The standard InChI is InChI=1S/C29H32Cl2N2O5/c1-6-37-29(36)28(35)32-22-11-18(4)27(19(5)12-22)38-23-8-10-26(34)21(14-23)16-33(17(2)3)15-20-7-9-24(30)25(31)13-20/h7-14,17,34H,6,15-16H2,1-5H3,(H,32,35). The molecule has 0 atom stereocenters. The lowest BCUT2D eigenvalue weighted by atomic mass is 10.1. The van der Waals surface area contributed by atoms with Crippen LogP contribution in [0.3, 0.4) is 0 Å². The predicted molar refractivity (Wildman–Crippen MR) is 150 cm³/mol. The molecule has 38 heavy (non-hydrogen) atoms. The molecule has 0 fully saturated rings. The third-order valence-electron chi connectivity index (χ3n) is 5.92. The Balaban J connectivity index is 1.78. The minimum absolute atomic E-state index is 0.121. The van der Waals surface area contributed by atoms with Crippen LogP contribution in [0.25, 0.3) is 0 Å². The van der Waals surface area contributed by atoms with E-state index in [9.17, 15) is 14.7 Å². The van der Waals surface area contributed by atoms with Crippen LogP contribution in [0, 0.1) is 13.8 Å². The van der Waals surface area contributed by atoms with Crippen LogP contribution in [0.1, 0.15) is 43.0 Å². The number of nitrogens with one attached hydrogen (secondary N) is 1. The van der Waals surface area contributed by atoms with Crippen molar-refractivity contribution in [2.24, 2.45) is 0 Å². The zero-order valence-corrected chi connectivity index (χ0v) is 23.6. The number of phenols is 1. The van der Waals surface area contributed by atoms with Gasteiger partial charge in [-0.15, -0.1) is 0 Å². The van der Waals surface area contributed by atoms with E-state index in [-0.39, 0.29) is 18.4 Å². The summed E-state index contributed by atoms with van der Waals surface area (Å²) >= 11 is 12.3. The summed E-state index contributed by atoms with van der Waals surface area (Å²) < 4.78 is 10.9. The highest BCUT2D eigenvalue weighted by Crippen LogP contribution is 2.34. The summed E-state index contributed by atoms with van der Waals surface area (Å²) in [7, 11) is 0. The molecule has 7 nitrogen and oxygen atoms in total. The summed E-state index contributed by atoms with van der Waals surface area (Å²) in [5, 5.41) is 14.2. The Morgan fingerprint density at radius 3 is 2.26 bits per heavy atom. The van der Waals surface area contributed by atoms with E-state index in [4.69, 9.17) is 32.7 Å². The van der Waals surface area contributed by atoms with Crippen molar-refractivity contribution in [3.05, 3.63) is 80.8 Å². The quantitative estimate of drug-likeness (QED) is 0.216. The lowest BCUT2D eigenvalue weighted by Gasteiger charge is -2.27. The molecule has 0 heterocycles. The van der Waals surface area contributed by atoms with Crippen LogP contribution in [0.4, 0.5) is 5.69 Å². The van der Waals surface area contributed by atoms with Gasteiger partial charge in [-0.3, -0.25) is 9.69 Å². The van der Waals surface area contributed by atoms with Gasteiger partial charge < -0.3 is 19.9 Å². The van der Waals surface area contributed by atoms with Gasteiger partial charge in [0.05, 0.1) is 16.7 Å². The number of carbonyl (C=O) groups excluding carboxylic acids is 2. The summed E-state index contributed by atoms with van der Waals surface area (Å²) in [6.45, 7) is 10.7. The first kappa shape index (κ1) is 29.3. The van der Waals surface area contributed by atoms with E-state index in [1.54, 1.807) is 37.3 Å². The van der Waals surface area contributed by atoms with Gasteiger partial charge >= 0.3 is 11.9 Å². The number of esters is 1. The second-order valence-corrected chi connectivity index (χ2v) is 10.1. The molecule has 3 aromatic rings. The Morgan fingerprint density at radius 1 is 0.974 bits per heavy atom. The van der Waals surface area contributed by atoms with Gasteiger partial charge in [0.2, 0.25) is 0 Å². The number of halogens is 2. The molecular formula is C29H32Cl2N2O5. The molecule has 1 amide bonds. The maximum atomic E-state index is 12.0. The number of aromatic hydroxyl groups is 1. The number of nitrogens with zero attached hydrogens (tertiary/aromatic N) is 1.